The van der Waals surface area contributed by atoms with Crippen molar-refractivity contribution in [3.63, 3.8) is 0 Å². The Balaban J connectivity index is 1.98. The predicted octanol–water partition coefficient (Wildman–Crippen LogP) is 3.80. The van der Waals surface area contributed by atoms with E-state index in [0.29, 0.717) is 12.4 Å². The maximum Gasteiger partial charge on any atom is 0.205 e. The van der Waals surface area contributed by atoms with Crippen LogP contribution in [-0.2, 0) is 0 Å². The highest BCUT2D eigenvalue weighted by Gasteiger charge is 2.08. The molecule has 2 heterocycles. The Morgan fingerprint density at radius 3 is 2.88 bits per heavy atom. The van der Waals surface area contributed by atoms with Crippen LogP contribution in [0.2, 0.25) is 0 Å². The summed E-state index contributed by atoms with van der Waals surface area (Å²) in [4.78, 5) is 6.24. The molecule has 0 fully saturated rings. The van der Waals surface area contributed by atoms with E-state index in [2.05, 4.69) is 16.2 Å². The number of hydrogen-bond donors (Lipinski definition) is 1. The van der Waals surface area contributed by atoms with Crippen molar-refractivity contribution in [2.24, 2.45) is 10.1 Å². The monoisotopic (exact) mass is 359 g/mol. The molecule has 24 heavy (non-hydrogen) atoms. The molecule has 124 valence electrons. The van der Waals surface area contributed by atoms with Crippen LogP contribution in [0.25, 0.3) is 10.6 Å². The molecule has 0 saturated carbocycles. The molecule has 5 nitrogen and oxygen atoms in total. The molecule has 0 bridgehead atoms. The maximum absolute atomic E-state index is 9.78. The zero-order chi connectivity index (χ0) is 16.9. The Morgan fingerprint density at radius 2 is 2.17 bits per heavy atom. The van der Waals surface area contributed by atoms with Crippen LogP contribution < -0.4 is 9.54 Å². The van der Waals surface area contributed by atoms with Crippen molar-refractivity contribution in [3.8, 4) is 22.1 Å². The number of thiazole rings is 1. The third-order valence-corrected chi connectivity index (χ3v) is 5.06. The SMILES string of the molecule is CCOc1cc(C=Nn2c(-c3cccs3)csc2=NC)ccc1O. The topological polar surface area (TPSA) is 59.1 Å². The van der Waals surface area contributed by atoms with Gasteiger partial charge in [0, 0.05) is 12.4 Å². The van der Waals surface area contributed by atoms with E-state index in [1.54, 1.807) is 54.1 Å². The molecule has 7 heteroatoms. The number of phenolic OH excluding ortho intramolecular Hbond substituents is 1. The molecule has 1 N–H and O–H groups in total. The minimum atomic E-state index is 0.126. The number of ether oxygens (including phenoxy) is 1. The summed E-state index contributed by atoms with van der Waals surface area (Å²) in [5, 5.41) is 18.4. The van der Waals surface area contributed by atoms with Gasteiger partial charge in [-0.15, -0.1) is 22.7 Å². The van der Waals surface area contributed by atoms with Gasteiger partial charge >= 0.3 is 0 Å². The Hall–Kier alpha value is -2.38. The summed E-state index contributed by atoms with van der Waals surface area (Å²) in [6.07, 6.45) is 1.74. The van der Waals surface area contributed by atoms with Crippen molar-refractivity contribution in [2.45, 2.75) is 6.92 Å². The van der Waals surface area contributed by atoms with Gasteiger partial charge in [-0.1, -0.05) is 6.07 Å². The van der Waals surface area contributed by atoms with E-state index in [9.17, 15) is 5.11 Å². The number of benzene rings is 1. The minimum Gasteiger partial charge on any atom is -0.504 e. The zero-order valence-corrected chi connectivity index (χ0v) is 15.0. The van der Waals surface area contributed by atoms with E-state index in [1.165, 1.54) is 0 Å². The first-order valence-corrected chi connectivity index (χ1v) is 9.16. The molecule has 2 aromatic heterocycles. The molecule has 0 atom stereocenters. The Bertz CT molecular complexity index is 908. The lowest BCUT2D eigenvalue weighted by Crippen LogP contribution is -2.11. The smallest absolute Gasteiger partial charge is 0.205 e. The van der Waals surface area contributed by atoms with Crippen molar-refractivity contribution in [2.75, 3.05) is 13.7 Å². The van der Waals surface area contributed by atoms with E-state index in [4.69, 9.17) is 4.74 Å². The summed E-state index contributed by atoms with van der Waals surface area (Å²) >= 11 is 3.21. The third-order valence-electron chi connectivity index (χ3n) is 3.26. The molecule has 3 rings (SSSR count). The fraction of sp³-hybridized carbons (Fsp3) is 0.176. The third kappa shape index (κ3) is 3.42. The summed E-state index contributed by atoms with van der Waals surface area (Å²) in [7, 11) is 1.75. The number of nitrogens with zero attached hydrogens (tertiary/aromatic N) is 3. The summed E-state index contributed by atoms with van der Waals surface area (Å²) in [5.74, 6) is 0.580. The van der Waals surface area contributed by atoms with Crippen LogP contribution in [0.1, 0.15) is 12.5 Å². The van der Waals surface area contributed by atoms with Crippen molar-refractivity contribution >= 4 is 28.9 Å². The fourth-order valence-corrected chi connectivity index (χ4v) is 3.76. The van der Waals surface area contributed by atoms with Crippen molar-refractivity contribution in [1.82, 2.24) is 4.68 Å². The molecule has 0 saturated heterocycles. The molecular formula is C17H17N3O2S2. The number of hydrogen-bond acceptors (Lipinski definition) is 6. The van der Waals surface area contributed by atoms with Gasteiger partial charge < -0.3 is 9.84 Å². The molecule has 0 aliphatic heterocycles. The zero-order valence-electron chi connectivity index (χ0n) is 13.3. The first-order chi connectivity index (χ1) is 11.7. The number of aromatic nitrogens is 1. The highest BCUT2D eigenvalue weighted by molar-refractivity contribution is 7.14. The number of aromatic hydroxyl groups is 1. The van der Waals surface area contributed by atoms with Gasteiger partial charge in [0.15, 0.2) is 11.5 Å². The van der Waals surface area contributed by atoms with Crippen LogP contribution >= 0.6 is 22.7 Å². The molecule has 0 amide bonds. The molecule has 0 spiro atoms. The lowest BCUT2D eigenvalue weighted by atomic mass is 10.2. The average Bonchev–Trinajstić information content (AvgIpc) is 3.24. The summed E-state index contributed by atoms with van der Waals surface area (Å²) in [6, 6.07) is 9.25. The second-order valence-electron chi connectivity index (χ2n) is 4.82. The van der Waals surface area contributed by atoms with Crippen molar-refractivity contribution < 1.29 is 9.84 Å². The van der Waals surface area contributed by atoms with Crippen LogP contribution in [0.5, 0.6) is 11.5 Å². The van der Waals surface area contributed by atoms with Gasteiger partial charge in [0.25, 0.3) is 0 Å². The van der Waals surface area contributed by atoms with Crippen LogP contribution in [0.3, 0.4) is 0 Å². The van der Waals surface area contributed by atoms with Gasteiger partial charge in [0.05, 0.1) is 23.4 Å². The summed E-state index contributed by atoms with van der Waals surface area (Å²) in [5.41, 5.74) is 1.85. The lowest BCUT2D eigenvalue weighted by molar-refractivity contribution is 0.318. The second kappa shape index (κ2) is 7.46. The quantitative estimate of drug-likeness (QED) is 0.705. The van der Waals surface area contributed by atoms with Crippen molar-refractivity contribution in [3.05, 3.63) is 51.5 Å². The van der Waals surface area contributed by atoms with Gasteiger partial charge in [-0.2, -0.15) is 5.10 Å². The maximum atomic E-state index is 9.78. The Morgan fingerprint density at radius 1 is 1.29 bits per heavy atom. The minimum absolute atomic E-state index is 0.126. The molecule has 0 radical (unpaired) electrons. The van der Waals surface area contributed by atoms with Crippen molar-refractivity contribution in [1.29, 1.82) is 0 Å². The van der Waals surface area contributed by atoms with Gasteiger partial charge in [0.2, 0.25) is 4.80 Å². The van der Waals surface area contributed by atoms with Crippen LogP contribution in [0, 0.1) is 0 Å². The highest BCUT2D eigenvalue weighted by atomic mass is 32.1. The van der Waals surface area contributed by atoms with E-state index < -0.39 is 0 Å². The van der Waals surface area contributed by atoms with Crippen LogP contribution in [-0.4, -0.2) is 29.7 Å². The second-order valence-corrected chi connectivity index (χ2v) is 6.61. The standard InChI is InChI=1S/C17H17N3O2S2/c1-3-22-15-9-12(6-7-14(15)21)10-19-20-13(11-24-17(20)18-2)16-5-4-8-23-16/h4-11,21H,3H2,1-2H3. The molecule has 0 aliphatic carbocycles. The average molecular weight is 359 g/mol. The van der Waals surface area contributed by atoms with Gasteiger partial charge in [-0.25, -0.2) is 4.68 Å². The molecular weight excluding hydrogens is 342 g/mol. The van der Waals surface area contributed by atoms with Crippen LogP contribution in [0.4, 0.5) is 0 Å². The Kier molecular flexibility index (Phi) is 5.12. The number of rotatable bonds is 5. The summed E-state index contributed by atoms with van der Waals surface area (Å²) < 4.78 is 7.23. The molecule has 0 unspecified atom stereocenters. The van der Waals surface area contributed by atoms with Gasteiger partial charge in [0.1, 0.15) is 0 Å². The predicted molar refractivity (Wildman–Crippen MR) is 99.4 cm³/mol. The molecule has 3 aromatic rings. The first-order valence-electron chi connectivity index (χ1n) is 7.40. The largest absolute Gasteiger partial charge is 0.504 e. The van der Waals surface area contributed by atoms with E-state index in [1.807, 2.05) is 28.4 Å². The lowest BCUT2D eigenvalue weighted by Gasteiger charge is -2.06. The normalized spacial score (nSPS) is 12.2. The fourth-order valence-electron chi connectivity index (χ4n) is 2.16. The number of thiophene rings is 1. The van der Waals surface area contributed by atoms with E-state index in [-0.39, 0.29) is 5.75 Å². The van der Waals surface area contributed by atoms with E-state index in [0.717, 1.165) is 20.9 Å². The first kappa shape index (κ1) is 16.5. The van der Waals surface area contributed by atoms with E-state index >= 15 is 0 Å². The van der Waals surface area contributed by atoms with Crippen LogP contribution in [0.15, 0.2) is 51.2 Å². The molecule has 0 aliphatic rings. The number of phenols is 1. The molecule has 1 aromatic carbocycles. The Labute approximate surface area is 147 Å². The van der Waals surface area contributed by atoms with Gasteiger partial charge in [-0.05, 0) is 42.1 Å². The summed E-state index contributed by atoms with van der Waals surface area (Å²) in [6.45, 7) is 2.37. The van der Waals surface area contributed by atoms with Gasteiger partial charge in [-0.3, -0.25) is 4.99 Å². The highest BCUT2D eigenvalue weighted by Crippen LogP contribution is 2.27.